The summed E-state index contributed by atoms with van der Waals surface area (Å²) in [5, 5.41) is 32.5. The van der Waals surface area contributed by atoms with E-state index in [2.05, 4.69) is 0 Å². The number of carboxylic acid groups (broad SMARTS) is 4. The molecule has 0 aromatic heterocycles. The number of hydrogen-bond acceptors (Lipinski definition) is 4. The normalized spacial score (nSPS) is 9.89. The molecule has 0 amide bonds. The molecule has 0 spiro atoms. The number of carbonyl (C=O) groups is 4. The van der Waals surface area contributed by atoms with E-state index in [1.54, 1.807) is 0 Å². The molecule has 0 aromatic carbocycles. The topological polar surface area (TPSA) is 149 Å². The summed E-state index contributed by atoms with van der Waals surface area (Å²) >= 11 is 0. The molecule has 0 radical (unpaired) electrons. The van der Waals surface area contributed by atoms with Crippen LogP contribution in [0.2, 0.25) is 0 Å². The van der Waals surface area contributed by atoms with E-state index >= 15 is 0 Å². The standard InChI is InChI=1S/C6H10O4.C4H6O4/c1-6(2,5(9)10)3-4(7)8;5-3(6)1-2-4(7)8/h3H2,1-2H3,(H,7,8)(H,9,10);1-2H2,(H,5,6)(H,7,8). The van der Waals surface area contributed by atoms with Crippen molar-refractivity contribution in [3.05, 3.63) is 0 Å². The minimum Gasteiger partial charge on any atom is -0.481 e. The summed E-state index contributed by atoms with van der Waals surface area (Å²) in [6.07, 6.45) is -0.938. The molecule has 0 aliphatic carbocycles. The van der Waals surface area contributed by atoms with E-state index in [1.807, 2.05) is 0 Å². The van der Waals surface area contributed by atoms with E-state index in [9.17, 15) is 19.2 Å². The van der Waals surface area contributed by atoms with Crippen molar-refractivity contribution >= 4 is 23.9 Å². The summed E-state index contributed by atoms with van der Waals surface area (Å²) in [6.45, 7) is 2.76. The Balaban J connectivity index is 0. The summed E-state index contributed by atoms with van der Waals surface area (Å²) in [4.78, 5) is 39.6. The lowest BCUT2D eigenvalue weighted by Crippen LogP contribution is -2.26. The van der Waals surface area contributed by atoms with E-state index in [0.717, 1.165) is 0 Å². The lowest BCUT2D eigenvalue weighted by Gasteiger charge is -2.14. The van der Waals surface area contributed by atoms with Gasteiger partial charge in [-0.2, -0.15) is 0 Å². The Morgan fingerprint density at radius 2 is 1.11 bits per heavy atom. The summed E-state index contributed by atoms with van der Waals surface area (Å²) in [5.41, 5.74) is -1.16. The van der Waals surface area contributed by atoms with Gasteiger partial charge in [0.2, 0.25) is 0 Å². The smallest absolute Gasteiger partial charge is 0.309 e. The fourth-order valence-corrected chi connectivity index (χ4v) is 0.668. The van der Waals surface area contributed by atoms with E-state index in [-0.39, 0.29) is 19.3 Å². The maximum absolute atomic E-state index is 10.3. The molecule has 0 saturated heterocycles. The van der Waals surface area contributed by atoms with E-state index in [1.165, 1.54) is 13.8 Å². The first-order valence-corrected chi connectivity index (χ1v) is 4.88. The van der Waals surface area contributed by atoms with Gasteiger partial charge in [0.25, 0.3) is 0 Å². The molecule has 0 atom stereocenters. The first-order chi connectivity index (χ1) is 7.99. The average Bonchev–Trinajstić information content (AvgIpc) is 2.13. The number of rotatable bonds is 6. The average molecular weight is 264 g/mol. The Morgan fingerprint density at radius 1 is 0.778 bits per heavy atom. The first kappa shape index (κ1) is 18.3. The van der Waals surface area contributed by atoms with Crippen LogP contribution in [-0.2, 0) is 19.2 Å². The molecular formula is C10H16O8. The van der Waals surface area contributed by atoms with Crippen molar-refractivity contribution in [2.24, 2.45) is 5.41 Å². The van der Waals surface area contributed by atoms with Crippen LogP contribution in [0.1, 0.15) is 33.1 Å². The highest BCUT2D eigenvalue weighted by molar-refractivity contribution is 5.80. The zero-order valence-electron chi connectivity index (χ0n) is 10.0. The second kappa shape index (κ2) is 8.04. The lowest BCUT2D eigenvalue weighted by molar-refractivity contribution is -0.153. The Morgan fingerprint density at radius 3 is 1.22 bits per heavy atom. The third-order valence-electron chi connectivity index (χ3n) is 1.72. The SMILES string of the molecule is CC(C)(CC(=O)O)C(=O)O.O=C(O)CCC(=O)O. The zero-order valence-corrected chi connectivity index (χ0v) is 10.0. The van der Waals surface area contributed by atoms with Crippen molar-refractivity contribution in [2.75, 3.05) is 0 Å². The predicted octanol–water partition coefficient (Wildman–Crippen LogP) is 0.508. The molecule has 0 heterocycles. The molecule has 18 heavy (non-hydrogen) atoms. The molecule has 8 nitrogen and oxygen atoms in total. The van der Waals surface area contributed by atoms with Gasteiger partial charge in [0.15, 0.2) is 0 Å². The molecule has 4 N–H and O–H groups in total. The minimum atomic E-state index is -1.16. The zero-order chi connectivity index (χ0) is 14.9. The third-order valence-corrected chi connectivity index (χ3v) is 1.72. The Kier molecular flexibility index (Phi) is 8.15. The van der Waals surface area contributed by atoms with Crippen molar-refractivity contribution in [1.29, 1.82) is 0 Å². The van der Waals surface area contributed by atoms with Gasteiger partial charge in [-0.15, -0.1) is 0 Å². The molecule has 0 aliphatic rings. The fraction of sp³-hybridized carbons (Fsp3) is 0.600. The Labute approximate surface area is 103 Å². The molecule has 0 saturated carbocycles. The lowest BCUT2D eigenvalue weighted by atomic mass is 9.90. The molecule has 0 rings (SSSR count). The van der Waals surface area contributed by atoms with Crippen molar-refractivity contribution in [3.63, 3.8) is 0 Å². The molecule has 0 fully saturated rings. The van der Waals surface area contributed by atoms with Crippen molar-refractivity contribution in [2.45, 2.75) is 33.1 Å². The van der Waals surface area contributed by atoms with Crippen LogP contribution in [0.3, 0.4) is 0 Å². The third kappa shape index (κ3) is 12.0. The van der Waals surface area contributed by atoms with Gasteiger partial charge < -0.3 is 20.4 Å². The van der Waals surface area contributed by atoms with Gasteiger partial charge in [-0.25, -0.2) is 0 Å². The summed E-state index contributed by atoms with van der Waals surface area (Å²) in [7, 11) is 0. The van der Waals surface area contributed by atoms with Gasteiger partial charge in [-0.3, -0.25) is 19.2 Å². The van der Waals surface area contributed by atoms with E-state index in [0.29, 0.717) is 0 Å². The van der Waals surface area contributed by atoms with Crippen molar-refractivity contribution in [1.82, 2.24) is 0 Å². The highest BCUT2D eigenvalue weighted by Gasteiger charge is 2.29. The largest absolute Gasteiger partial charge is 0.481 e. The number of hydrogen-bond donors (Lipinski definition) is 4. The van der Waals surface area contributed by atoms with Crippen LogP contribution in [0.5, 0.6) is 0 Å². The number of aliphatic carboxylic acids is 4. The summed E-state index contributed by atoms with van der Waals surface area (Å²) < 4.78 is 0. The van der Waals surface area contributed by atoms with Crippen molar-refractivity contribution < 1.29 is 39.6 Å². The fourth-order valence-electron chi connectivity index (χ4n) is 0.668. The maximum Gasteiger partial charge on any atom is 0.309 e. The van der Waals surface area contributed by atoms with Gasteiger partial charge in [0.1, 0.15) is 0 Å². The molecular weight excluding hydrogens is 248 g/mol. The monoisotopic (exact) mass is 264 g/mol. The molecule has 8 heteroatoms. The molecule has 0 bridgehead atoms. The van der Waals surface area contributed by atoms with E-state index in [4.69, 9.17) is 20.4 Å². The van der Waals surface area contributed by atoms with Crippen molar-refractivity contribution in [3.8, 4) is 0 Å². The van der Waals surface area contributed by atoms with Crippen LogP contribution in [0.25, 0.3) is 0 Å². The van der Waals surface area contributed by atoms with Gasteiger partial charge in [-0.05, 0) is 13.8 Å². The Bertz CT molecular complexity index is 317. The molecule has 0 unspecified atom stereocenters. The van der Waals surface area contributed by atoms with Crippen LogP contribution in [0.4, 0.5) is 0 Å². The highest BCUT2D eigenvalue weighted by atomic mass is 16.4. The van der Waals surface area contributed by atoms with Crippen LogP contribution in [0.15, 0.2) is 0 Å². The second-order valence-corrected chi connectivity index (χ2v) is 4.05. The van der Waals surface area contributed by atoms with Crippen LogP contribution < -0.4 is 0 Å². The van der Waals surface area contributed by atoms with Crippen LogP contribution in [0, 0.1) is 5.41 Å². The van der Waals surface area contributed by atoms with Crippen LogP contribution in [-0.4, -0.2) is 44.3 Å². The van der Waals surface area contributed by atoms with E-state index < -0.39 is 29.3 Å². The minimum absolute atomic E-state index is 0.296. The van der Waals surface area contributed by atoms with Gasteiger partial charge in [0.05, 0.1) is 24.7 Å². The van der Waals surface area contributed by atoms with Gasteiger partial charge in [-0.1, -0.05) is 0 Å². The predicted molar refractivity (Wildman–Crippen MR) is 58.2 cm³/mol. The molecule has 0 aliphatic heterocycles. The Hall–Kier alpha value is -2.12. The first-order valence-electron chi connectivity index (χ1n) is 4.88. The summed E-state index contributed by atoms with van der Waals surface area (Å²) in [5.74, 6) is -4.33. The second-order valence-electron chi connectivity index (χ2n) is 4.05. The maximum atomic E-state index is 10.3. The number of carboxylic acids is 4. The highest BCUT2D eigenvalue weighted by Crippen LogP contribution is 2.19. The summed E-state index contributed by atoms with van der Waals surface area (Å²) in [6, 6.07) is 0. The molecule has 0 aromatic rings. The van der Waals surface area contributed by atoms with Crippen LogP contribution >= 0.6 is 0 Å². The van der Waals surface area contributed by atoms with Gasteiger partial charge >= 0.3 is 23.9 Å². The van der Waals surface area contributed by atoms with Gasteiger partial charge in [0, 0.05) is 0 Å². The quantitative estimate of drug-likeness (QED) is 0.541. The molecule has 104 valence electrons.